The Labute approximate surface area is 118 Å². The maximum atomic E-state index is 6.82. The highest BCUT2D eigenvalue weighted by Gasteiger charge is 2.45. The summed E-state index contributed by atoms with van der Waals surface area (Å²) < 4.78 is 0. The summed E-state index contributed by atoms with van der Waals surface area (Å²) in [6.45, 7) is 11.6. The van der Waals surface area contributed by atoms with Gasteiger partial charge in [0.05, 0.1) is 0 Å². The van der Waals surface area contributed by atoms with E-state index in [0.717, 1.165) is 19.3 Å². The average Bonchev–Trinajstić information content (AvgIpc) is 2.24. The van der Waals surface area contributed by atoms with Crippen LogP contribution >= 0.6 is 0 Å². The maximum absolute atomic E-state index is 6.82. The van der Waals surface area contributed by atoms with Crippen molar-refractivity contribution in [3.05, 3.63) is 35.4 Å². The first-order valence-electron chi connectivity index (χ1n) is 7.54. The summed E-state index contributed by atoms with van der Waals surface area (Å²) in [5.41, 5.74) is 9.99. The van der Waals surface area contributed by atoms with Crippen molar-refractivity contribution in [1.82, 2.24) is 0 Å². The second-order valence-electron chi connectivity index (χ2n) is 8.07. The normalized spacial score (nSPS) is 24.1. The monoisotopic (exact) mass is 259 g/mol. The minimum atomic E-state index is -0.169. The molecule has 1 aromatic carbocycles. The van der Waals surface area contributed by atoms with Crippen LogP contribution in [0.4, 0.5) is 0 Å². The van der Waals surface area contributed by atoms with Crippen LogP contribution in [0, 0.1) is 10.8 Å². The van der Waals surface area contributed by atoms with Crippen molar-refractivity contribution >= 4 is 0 Å². The fraction of sp³-hybridized carbons (Fsp3) is 0.667. The fourth-order valence-corrected chi connectivity index (χ4v) is 4.47. The molecule has 0 spiro atoms. The molecular weight excluding hydrogens is 230 g/mol. The molecule has 19 heavy (non-hydrogen) atoms. The van der Waals surface area contributed by atoms with Crippen molar-refractivity contribution in [2.75, 3.05) is 0 Å². The van der Waals surface area contributed by atoms with Gasteiger partial charge in [-0.05, 0) is 47.6 Å². The topological polar surface area (TPSA) is 26.0 Å². The third-order valence-electron chi connectivity index (χ3n) is 4.48. The van der Waals surface area contributed by atoms with E-state index in [0.29, 0.717) is 10.8 Å². The van der Waals surface area contributed by atoms with Gasteiger partial charge in [0.1, 0.15) is 0 Å². The summed E-state index contributed by atoms with van der Waals surface area (Å²) in [4.78, 5) is 0. The van der Waals surface area contributed by atoms with E-state index in [-0.39, 0.29) is 5.54 Å². The quantitative estimate of drug-likeness (QED) is 0.822. The van der Waals surface area contributed by atoms with Crippen LogP contribution in [0.3, 0.4) is 0 Å². The Kier molecular flexibility index (Phi) is 3.55. The molecule has 1 saturated carbocycles. The number of hydrogen-bond acceptors (Lipinski definition) is 1. The number of rotatable bonds is 2. The van der Waals surface area contributed by atoms with E-state index in [4.69, 9.17) is 5.73 Å². The van der Waals surface area contributed by atoms with E-state index in [1.165, 1.54) is 17.5 Å². The second-order valence-corrected chi connectivity index (χ2v) is 8.07. The molecule has 0 unspecified atom stereocenters. The molecular formula is C18H29N. The molecule has 1 aliphatic rings. The summed E-state index contributed by atoms with van der Waals surface area (Å²) >= 11 is 0. The van der Waals surface area contributed by atoms with Crippen molar-refractivity contribution in [2.24, 2.45) is 16.6 Å². The van der Waals surface area contributed by atoms with Gasteiger partial charge in [-0.2, -0.15) is 0 Å². The molecule has 0 atom stereocenters. The molecule has 2 N–H and O–H groups in total. The van der Waals surface area contributed by atoms with Gasteiger partial charge < -0.3 is 5.73 Å². The van der Waals surface area contributed by atoms with E-state index < -0.39 is 0 Å². The van der Waals surface area contributed by atoms with Gasteiger partial charge in [0.15, 0.2) is 0 Å². The van der Waals surface area contributed by atoms with Crippen LogP contribution in [-0.4, -0.2) is 0 Å². The number of aryl methyl sites for hydroxylation is 1. The van der Waals surface area contributed by atoms with Gasteiger partial charge in [-0.25, -0.2) is 0 Å². The van der Waals surface area contributed by atoms with Crippen molar-refractivity contribution in [2.45, 2.75) is 65.8 Å². The summed E-state index contributed by atoms with van der Waals surface area (Å²) in [6.07, 6.45) is 4.50. The van der Waals surface area contributed by atoms with Crippen LogP contribution in [0.1, 0.15) is 65.0 Å². The molecule has 0 radical (unpaired) electrons. The summed E-state index contributed by atoms with van der Waals surface area (Å²) in [7, 11) is 0. The van der Waals surface area contributed by atoms with Crippen LogP contribution in [0.2, 0.25) is 0 Å². The molecule has 1 heteroatoms. The lowest BCUT2D eigenvalue weighted by Crippen LogP contribution is -2.49. The van der Waals surface area contributed by atoms with Gasteiger partial charge in [0.2, 0.25) is 0 Å². The van der Waals surface area contributed by atoms with E-state index in [1.54, 1.807) is 0 Å². The lowest BCUT2D eigenvalue weighted by Gasteiger charge is -2.50. The Bertz CT molecular complexity index is 423. The van der Waals surface area contributed by atoms with Crippen LogP contribution < -0.4 is 5.73 Å². The summed E-state index contributed by atoms with van der Waals surface area (Å²) in [6, 6.07) is 8.96. The molecule has 0 aromatic heterocycles. The summed E-state index contributed by atoms with van der Waals surface area (Å²) in [5.74, 6) is 0. The average molecular weight is 259 g/mol. The summed E-state index contributed by atoms with van der Waals surface area (Å²) in [5, 5.41) is 0. The minimum absolute atomic E-state index is 0.169. The highest BCUT2D eigenvalue weighted by Crippen LogP contribution is 2.52. The Hall–Kier alpha value is -0.820. The zero-order chi connectivity index (χ0) is 14.3. The third-order valence-corrected chi connectivity index (χ3v) is 4.48. The van der Waals surface area contributed by atoms with Gasteiger partial charge >= 0.3 is 0 Å². The largest absolute Gasteiger partial charge is 0.321 e. The SMILES string of the molecule is CCc1ccc(C2(N)CC(C)(C)CC(C)(C)C2)cc1. The van der Waals surface area contributed by atoms with Crippen molar-refractivity contribution in [1.29, 1.82) is 0 Å². The predicted molar refractivity (Wildman–Crippen MR) is 83.1 cm³/mol. The highest BCUT2D eigenvalue weighted by molar-refractivity contribution is 5.30. The molecule has 1 nitrogen and oxygen atoms in total. The van der Waals surface area contributed by atoms with E-state index >= 15 is 0 Å². The number of benzene rings is 1. The van der Waals surface area contributed by atoms with Gasteiger partial charge in [0, 0.05) is 5.54 Å². The van der Waals surface area contributed by atoms with Crippen LogP contribution in [0.15, 0.2) is 24.3 Å². The molecule has 2 rings (SSSR count). The van der Waals surface area contributed by atoms with E-state index in [2.05, 4.69) is 58.9 Å². The molecule has 1 aromatic rings. The first-order valence-corrected chi connectivity index (χ1v) is 7.54. The Morgan fingerprint density at radius 1 is 0.895 bits per heavy atom. The standard InChI is InChI=1S/C18H29N/c1-6-14-7-9-15(10-8-14)18(19)12-16(2,3)11-17(4,5)13-18/h7-10H,6,11-13,19H2,1-5H3. The Morgan fingerprint density at radius 3 is 1.79 bits per heavy atom. The molecule has 0 aliphatic heterocycles. The van der Waals surface area contributed by atoms with Crippen molar-refractivity contribution in [3.8, 4) is 0 Å². The zero-order valence-electron chi connectivity index (χ0n) is 13.2. The zero-order valence-corrected chi connectivity index (χ0v) is 13.2. The third kappa shape index (κ3) is 3.20. The first-order chi connectivity index (χ1) is 8.66. The van der Waals surface area contributed by atoms with Crippen molar-refractivity contribution < 1.29 is 0 Å². The van der Waals surface area contributed by atoms with Gasteiger partial charge in [-0.1, -0.05) is 58.9 Å². The molecule has 106 valence electrons. The Morgan fingerprint density at radius 2 is 1.37 bits per heavy atom. The second kappa shape index (κ2) is 4.63. The van der Waals surface area contributed by atoms with Gasteiger partial charge in [-0.15, -0.1) is 0 Å². The van der Waals surface area contributed by atoms with Crippen LogP contribution in [0.25, 0.3) is 0 Å². The molecule has 1 aliphatic carbocycles. The first kappa shape index (κ1) is 14.6. The lowest BCUT2D eigenvalue weighted by atomic mass is 9.57. The lowest BCUT2D eigenvalue weighted by molar-refractivity contribution is 0.0470. The van der Waals surface area contributed by atoms with Crippen LogP contribution in [-0.2, 0) is 12.0 Å². The predicted octanol–water partition coefficient (Wildman–Crippen LogP) is 4.64. The number of nitrogens with two attached hydrogens (primary N) is 1. The molecule has 0 amide bonds. The van der Waals surface area contributed by atoms with Crippen molar-refractivity contribution in [3.63, 3.8) is 0 Å². The van der Waals surface area contributed by atoms with Gasteiger partial charge in [-0.3, -0.25) is 0 Å². The molecule has 0 bridgehead atoms. The number of hydrogen-bond donors (Lipinski definition) is 1. The Balaban J connectivity index is 2.34. The highest BCUT2D eigenvalue weighted by atomic mass is 14.8. The molecule has 0 heterocycles. The molecule has 1 fully saturated rings. The van der Waals surface area contributed by atoms with E-state index in [9.17, 15) is 0 Å². The minimum Gasteiger partial charge on any atom is -0.321 e. The van der Waals surface area contributed by atoms with Crippen LogP contribution in [0.5, 0.6) is 0 Å². The van der Waals surface area contributed by atoms with Gasteiger partial charge in [0.25, 0.3) is 0 Å². The smallest absolute Gasteiger partial charge is 0.0419 e. The fourth-order valence-electron chi connectivity index (χ4n) is 4.47. The van der Waals surface area contributed by atoms with E-state index in [1.807, 2.05) is 0 Å². The maximum Gasteiger partial charge on any atom is 0.0419 e. The molecule has 0 saturated heterocycles.